The summed E-state index contributed by atoms with van der Waals surface area (Å²) in [6.45, 7) is 2.97. The minimum atomic E-state index is 0.640. The van der Waals surface area contributed by atoms with Gasteiger partial charge in [-0.25, -0.2) is 0 Å². The molecule has 0 amide bonds. The van der Waals surface area contributed by atoms with Crippen molar-refractivity contribution < 1.29 is 0 Å². The number of anilines is 1. The Bertz CT molecular complexity index is 538. The van der Waals surface area contributed by atoms with Crippen molar-refractivity contribution in [2.45, 2.75) is 32.2 Å². The van der Waals surface area contributed by atoms with Crippen LogP contribution in [-0.2, 0) is 6.54 Å². The van der Waals surface area contributed by atoms with Crippen molar-refractivity contribution in [1.82, 2.24) is 9.78 Å². The summed E-state index contributed by atoms with van der Waals surface area (Å²) in [6.07, 6.45) is 4.29. The molecular formula is C14H17N3. The molecule has 88 valence electrons. The summed E-state index contributed by atoms with van der Waals surface area (Å²) < 4.78 is 2.06. The predicted octanol–water partition coefficient (Wildman–Crippen LogP) is 2.70. The van der Waals surface area contributed by atoms with E-state index in [2.05, 4.69) is 41.0 Å². The second-order valence-electron chi connectivity index (χ2n) is 4.84. The van der Waals surface area contributed by atoms with Gasteiger partial charge in [0, 0.05) is 5.92 Å². The zero-order valence-corrected chi connectivity index (χ0v) is 10.1. The second kappa shape index (κ2) is 3.91. The van der Waals surface area contributed by atoms with Crippen LogP contribution in [0.4, 0.5) is 5.69 Å². The smallest absolute Gasteiger partial charge is 0.0736 e. The van der Waals surface area contributed by atoms with Crippen LogP contribution >= 0.6 is 0 Å². The van der Waals surface area contributed by atoms with E-state index in [1.165, 1.54) is 29.7 Å². The van der Waals surface area contributed by atoms with Gasteiger partial charge in [0.25, 0.3) is 0 Å². The Morgan fingerprint density at radius 2 is 2.12 bits per heavy atom. The van der Waals surface area contributed by atoms with Gasteiger partial charge in [-0.2, -0.15) is 5.10 Å². The van der Waals surface area contributed by atoms with E-state index in [1.54, 1.807) is 6.20 Å². The van der Waals surface area contributed by atoms with Crippen LogP contribution in [0.3, 0.4) is 0 Å². The van der Waals surface area contributed by atoms with Gasteiger partial charge in [-0.3, -0.25) is 4.68 Å². The second-order valence-corrected chi connectivity index (χ2v) is 4.84. The molecule has 0 bridgehead atoms. The topological polar surface area (TPSA) is 43.8 Å². The Hall–Kier alpha value is -1.77. The lowest BCUT2D eigenvalue weighted by Gasteiger charge is -2.09. The molecule has 17 heavy (non-hydrogen) atoms. The Morgan fingerprint density at radius 1 is 1.35 bits per heavy atom. The number of hydrogen-bond donors (Lipinski definition) is 1. The van der Waals surface area contributed by atoms with E-state index in [9.17, 15) is 0 Å². The molecule has 1 aromatic heterocycles. The van der Waals surface area contributed by atoms with Crippen LogP contribution < -0.4 is 5.73 Å². The van der Waals surface area contributed by atoms with Crippen LogP contribution in [0.25, 0.3) is 0 Å². The van der Waals surface area contributed by atoms with Gasteiger partial charge in [0.05, 0.1) is 24.1 Å². The molecule has 0 radical (unpaired) electrons. The van der Waals surface area contributed by atoms with Crippen LogP contribution in [-0.4, -0.2) is 9.78 Å². The highest BCUT2D eigenvalue weighted by atomic mass is 15.3. The standard InChI is InChI=1S/C14H17N3/c1-10-4-2-3-5-12(10)9-17-14(11-6-7-11)13(15)8-16-17/h2-5,8,11H,6-7,9,15H2,1H3. The first-order chi connectivity index (χ1) is 8.25. The minimum Gasteiger partial charge on any atom is -0.396 e. The number of aryl methyl sites for hydroxylation is 1. The number of nitrogen functional groups attached to an aromatic ring is 1. The van der Waals surface area contributed by atoms with Crippen molar-refractivity contribution >= 4 is 5.69 Å². The first-order valence-electron chi connectivity index (χ1n) is 6.11. The highest BCUT2D eigenvalue weighted by Crippen LogP contribution is 2.42. The van der Waals surface area contributed by atoms with Crippen molar-refractivity contribution in [2.75, 3.05) is 5.73 Å². The average Bonchev–Trinajstić information content (AvgIpc) is 3.08. The quantitative estimate of drug-likeness (QED) is 0.876. The minimum absolute atomic E-state index is 0.640. The number of rotatable bonds is 3. The molecule has 0 unspecified atom stereocenters. The van der Waals surface area contributed by atoms with Gasteiger partial charge < -0.3 is 5.73 Å². The van der Waals surface area contributed by atoms with Gasteiger partial charge in [0.1, 0.15) is 0 Å². The van der Waals surface area contributed by atoms with Crippen LogP contribution in [0.5, 0.6) is 0 Å². The van der Waals surface area contributed by atoms with Crippen LogP contribution in [0.1, 0.15) is 35.6 Å². The zero-order valence-electron chi connectivity index (χ0n) is 10.1. The number of aromatic nitrogens is 2. The number of hydrogen-bond acceptors (Lipinski definition) is 2. The van der Waals surface area contributed by atoms with Crippen molar-refractivity contribution in [3.63, 3.8) is 0 Å². The van der Waals surface area contributed by atoms with E-state index in [0.717, 1.165) is 12.2 Å². The largest absolute Gasteiger partial charge is 0.396 e. The average molecular weight is 227 g/mol. The molecular weight excluding hydrogens is 210 g/mol. The molecule has 3 heteroatoms. The van der Waals surface area contributed by atoms with Gasteiger partial charge in [-0.15, -0.1) is 0 Å². The Labute approximate surface area is 101 Å². The lowest BCUT2D eigenvalue weighted by Crippen LogP contribution is -2.07. The fourth-order valence-electron chi connectivity index (χ4n) is 2.29. The Balaban J connectivity index is 1.93. The third-order valence-electron chi connectivity index (χ3n) is 3.46. The third-order valence-corrected chi connectivity index (χ3v) is 3.46. The summed E-state index contributed by atoms with van der Waals surface area (Å²) in [4.78, 5) is 0. The molecule has 0 aliphatic heterocycles. The summed E-state index contributed by atoms with van der Waals surface area (Å²) >= 11 is 0. The SMILES string of the molecule is Cc1ccccc1Cn1ncc(N)c1C1CC1. The molecule has 2 aromatic rings. The predicted molar refractivity (Wildman–Crippen MR) is 68.9 cm³/mol. The molecule has 1 aliphatic rings. The van der Waals surface area contributed by atoms with Crippen LogP contribution in [0, 0.1) is 6.92 Å². The first kappa shape index (κ1) is 10.4. The first-order valence-corrected chi connectivity index (χ1v) is 6.11. The van der Waals surface area contributed by atoms with Crippen molar-refractivity contribution in [3.8, 4) is 0 Å². The molecule has 0 atom stereocenters. The zero-order chi connectivity index (χ0) is 11.8. The van der Waals surface area contributed by atoms with Gasteiger partial charge in [-0.1, -0.05) is 24.3 Å². The molecule has 0 spiro atoms. The van der Waals surface area contributed by atoms with E-state index in [-0.39, 0.29) is 0 Å². The van der Waals surface area contributed by atoms with Crippen molar-refractivity contribution in [2.24, 2.45) is 0 Å². The summed E-state index contributed by atoms with van der Waals surface area (Å²) in [5.74, 6) is 0.640. The van der Waals surface area contributed by atoms with Crippen molar-refractivity contribution in [1.29, 1.82) is 0 Å². The number of benzene rings is 1. The maximum Gasteiger partial charge on any atom is 0.0736 e. The summed E-state index contributed by atoms with van der Waals surface area (Å²) in [5, 5.41) is 4.41. The van der Waals surface area contributed by atoms with E-state index in [0.29, 0.717) is 5.92 Å². The Kier molecular flexibility index (Phi) is 2.39. The Morgan fingerprint density at radius 3 is 2.82 bits per heavy atom. The molecule has 1 heterocycles. The third kappa shape index (κ3) is 1.93. The van der Waals surface area contributed by atoms with Crippen LogP contribution in [0.2, 0.25) is 0 Å². The molecule has 3 nitrogen and oxygen atoms in total. The van der Waals surface area contributed by atoms with E-state index < -0.39 is 0 Å². The molecule has 1 aromatic carbocycles. The molecule has 0 saturated heterocycles. The summed E-state index contributed by atoms with van der Waals surface area (Å²) in [5.41, 5.74) is 10.7. The summed E-state index contributed by atoms with van der Waals surface area (Å²) in [7, 11) is 0. The highest BCUT2D eigenvalue weighted by Gasteiger charge is 2.29. The molecule has 1 fully saturated rings. The monoisotopic (exact) mass is 227 g/mol. The molecule has 1 aliphatic carbocycles. The lowest BCUT2D eigenvalue weighted by atomic mass is 10.1. The van der Waals surface area contributed by atoms with Gasteiger partial charge in [0.15, 0.2) is 0 Å². The van der Waals surface area contributed by atoms with Gasteiger partial charge in [0.2, 0.25) is 0 Å². The van der Waals surface area contributed by atoms with Crippen molar-refractivity contribution in [3.05, 3.63) is 47.3 Å². The number of nitrogens with two attached hydrogens (primary N) is 1. The normalized spacial score (nSPS) is 15.1. The van der Waals surface area contributed by atoms with E-state index in [4.69, 9.17) is 5.73 Å². The maximum absolute atomic E-state index is 5.99. The maximum atomic E-state index is 5.99. The van der Waals surface area contributed by atoms with Gasteiger partial charge in [-0.05, 0) is 30.9 Å². The van der Waals surface area contributed by atoms with Gasteiger partial charge >= 0.3 is 0 Å². The lowest BCUT2D eigenvalue weighted by molar-refractivity contribution is 0.645. The molecule has 2 N–H and O–H groups in total. The van der Waals surface area contributed by atoms with Crippen LogP contribution in [0.15, 0.2) is 30.5 Å². The fourth-order valence-corrected chi connectivity index (χ4v) is 2.29. The number of nitrogens with zero attached hydrogens (tertiary/aromatic N) is 2. The molecule has 1 saturated carbocycles. The highest BCUT2D eigenvalue weighted by molar-refractivity contribution is 5.45. The van der Waals surface area contributed by atoms with E-state index >= 15 is 0 Å². The molecule has 3 rings (SSSR count). The van der Waals surface area contributed by atoms with E-state index in [1.807, 2.05) is 0 Å². The summed E-state index contributed by atoms with van der Waals surface area (Å²) in [6, 6.07) is 8.44. The fraction of sp³-hybridized carbons (Fsp3) is 0.357.